The molecular weight excluding hydrogens is 334 g/mol. The summed E-state index contributed by atoms with van der Waals surface area (Å²) in [6.07, 6.45) is 0.866. The topological polar surface area (TPSA) is 41.9 Å². The predicted octanol–water partition coefficient (Wildman–Crippen LogP) is 2.36. The largest absolute Gasteiger partial charge is 0.493 e. The van der Waals surface area contributed by atoms with E-state index in [0.717, 1.165) is 42.9 Å². The highest BCUT2D eigenvalue weighted by molar-refractivity contribution is 9.10. The Morgan fingerprint density at radius 2 is 2.24 bits per heavy atom. The smallest absolute Gasteiger partial charge is 0.127 e. The molecule has 5 heteroatoms. The molecule has 1 aromatic rings. The highest BCUT2D eigenvalue weighted by Gasteiger charge is 2.33. The monoisotopic (exact) mass is 355 g/mol. The number of rotatable bonds is 3. The minimum atomic E-state index is -0.234. The Balaban J connectivity index is 1.80. The summed E-state index contributed by atoms with van der Waals surface area (Å²) >= 11 is 3.59. The average Bonchev–Trinajstić information content (AvgIpc) is 2.84. The third kappa shape index (κ3) is 3.42. The molecule has 0 amide bonds. The molecule has 0 aliphatic carbocycles. The number of morpholine rings is 1. The van der Waals surface area contributed by atoms with Crippen LogP contribution in [0.25, 0.3) is 0 Å². The molecule has 4 nitrogen and oxygen atoms in total. The van der Waals surface area contributed by atoms with Gasteiger partial charge in [0.15, 0.2) is 0 Å². The molecule has 0 bridgehead atoms. The molecule has 1 fully saturated rings. The first-order valence-electron chi connectivity index (χ1n) is 7.42. The molecular formula is C16H22BrNO3. The van der Waals surface area contributed by atoms with Gasteiger partial charge in [0.1, 0.15) is 5.75 Å². The van der Waals surface area contributed by atoms with Crippen LogP contribution in [0.4, 0.5) is 0 Å². The lowest BCUT2D eigenvalue weighted by Gasteiger charge is -2.42. The van der Waals surface area contributed by atoms with Gasteiger partial charge in [-0.3, -0.25) is 4.90 Å². The Morgan fingerprint density at radius 1 is 1.43 bits per heavy atom. The average molecular weight is 356 g/mol. The van der Waals surface area contributed by atoms with Crippen molar-refractivity contribution in [3.8, 4) is 5.75 Å². The molecule has 116 valence electrons. The second kappa shape index (κ2) is 5.88. The third-order valence-electron chi connectivity index (χ3n) is 3.97. The van der Waals surface area contributed by atoms with Crippen LogP contribution in [-0.4, -0.2) is 48.0 Å². The van der Waals surface area contributed by atoms with Crippen molar-refractivity contribution >= 4 is 15.9 Å². The highest BCUT2D eigenvalue weighted by Crippen LogP contribution is 2.34. The van der Waals surface area contributed by atoms with Gasteiger partial charge in [0.2, 0.25) is 0 Å². The van der Waals surface area contributed by atoms with Gasteiger partial charge in [-0.15, -0.1) is 0 Å². The molecule has 2 aliphatic rings. The SMILES string of the molecule is CC1(C)CN(Cc2cc(Br)cc3c2OCC3)CC(CO)O1. The number of aliphatic hydroxyl groups excluding tert-OH is 1. The standard InChI is InChI=1S/C16H22BrNO3/c1-16(2)10-18(8-14(9-19)21-16)7-12-6-13(17)5-11-3-4-20-15(11)12/h5-6,14,19H,3-4,7-10H2,1-2H3. The van der Waals surface area contributed by atoms with E-state index in [-0.39, 0.29) is 18.3 Å². The molecule has 2 heterocycles. The molecule has 21 heavy (non-hydrogen) atoms. The van der Waals surface area contributed by atoms with Crippen LogP contribution < -0.4 is 4.74 Å². The molecule has 1 atom stereocenters. The maximum absolute atomic E-state index is 9.42. The van der Waals surface area contributed by atoms with Gasteiger partial charge in [-0.05, 0) is 31.5 Å². The van der Waals surface area contributed by atoms with Crippen LogP contribution >= 0.6 is 15.9 Å². The quantitative estimate of drug-likeness (QED) is 0.903. The second-order valence-corrected chi connectivity index (χ2v) is 7.42. The Labute approximate surface area is 134 Å². The maximum Gasteiger partial charge on any atom is 0.127 e. The molecule has 3 rings (SSSR count). The molecule has 1 saturated heterocycles. The van der Waals surface area contributed by atoms with E-state index in [1.54, 1.807) is 0 Å². The van der Waals surface area contributed by atoms with Gasteiger partial charge in [0, 0.05) is 36.1 Å². The Hall–Kier alpha value is -0.620. The van der Waals surface area contributed by atoms with Crippen LogP contribution in [0.15, 0.2) is 16.6 Å². The minimum Gasteiger partial charge on any atom is -0.493 e. The van der Waals surface area contributed by atoms with Crippen molar-refractivity contribution in [1.29, 1.82) is 0 Å². The summed E-state index contributed by atoms with van der Waals surface area (Å²) in [6.45, 7) is 7.41. The first-order chi connectivity index (χ1) is 9.97. The number of halogens is 1. The van der Waals surface area contributed by atoms with Crippen molar-refractivity contribution in [3.63, 3.8) is 0 Å². The first kappa shape index (κ1) is 15.3. The molecule has 1 aromatic carbocycles. The van der Waals surface area contributed by atoms with E-state index in [4.69, 9.17) is 9.47 Å². The lowest BCUT2D eigenvalue weighted by molar-refractivity contribution is -0.150. The Bertz CT molecular complexity index is 532. The van der Waals surface area contributed by atoms with Gasteiger partial charge >= 0.3 is 0 Å². The molecule has 1 N–H and O–H groups in total. The number of hydrogen-bond donors (Lipinski definition) is 1. The van der Waals surface area contributed by atoms with Crippen molar-refractivity contribution in [2.45, 2.75) is 38.5 Å². The van der Waals surface area contributed by atoms with Crippen LogP contribution in [-0.2, 0) is 17.7 Å². The summed E-state index contributed by atoms with van der Waals surface area (Å²) < 4.78 is 12.8. The molecule has 0 aromatic heterocycles. The fourth-order valence-corrected chi connectivity index (χ4v) is 3.89. The zero-order valence-electron chi connectivity index (χ0n) is 12.6. The first-order valence-corrected chi connectivity index (χ1v) is 8.21. The van der Waals surface area contributed by atoms with Crippen LogP contribution in [0.3, 0.4) is 0 Å². The summed E-state index contributed by atoms with van der Waals surface area (Å²) in [5.41, 5.74) is 2.26. The number of ether oxygens (including phenoxy) is 2. The normalized spacial score (nSPS) is 24.7. The number of benzene rings is 1. The van der Waals surface area contributed by atoms with Gasteiger partial charge in [-0.1, -0.05) is 15.9 Å². The van der Waals surface area contributed by atoms with Crippen LogP contribution in [0, 0.1) is 0 Å². The summed E-state index contributed by atoms with van der Waals surface area (Å²) in [6, 6.07) is 4.28. The predicted molar refractivity (Wildman–Crippen MR) is 84.7 cm³/mol. The fourth-order valence-electron chi connectivity index (χ4n) is 3.34. The van der Waals surface area contributed by atoms with Crippen molar-refractivity contribution < 1.29 is 14.6 Å². The Morgan fingerprint density at radius 3 is 3.00 bits per heavy atom. The van der Waals surface area contributed by atoms with Crippen molar-refractivity contribution in [3.05, 3.63) is 27.7 Å². The highest BCUT2D eigenvalue weighted by atomic mass is 79.9. The van der Waals surface area contributed by atoms with Crippen LogP contribution in [0.5, 0.6) is 5.75 Å². The number of fused-ring (bicyclic) bond motifs is 1. The maximum atomic E-state index is 9.42. The summed E-state index contributed by atoms with van der Waals surface area (Å²) in [5.74, 6) is 1.04. The minimum absolute atomic E-state index is 0.0625. The fraction of sp³-hybridized carbons (Fsp3) is 0.625. The second-order valence-electron chi connectivity index (χ2n) is 6.50. The van der Waals surface area contributed by atoms with Gasteiger partial charge in [0.25, 0.3) is 0 Å². The lowest BCUT2D eigenvalue weighted by Crippen LogP contribution is -2.53. The molecule has 1 unspecified atom stereocenters. The van der Waals surface area contributed by atoms with Crippen molar-refractivity contribution in [2.24, 2.45) is 0 Å². The van der Waals surface area contributed by atoms with Crippen LogP contribution in [0.2, 0.25) is 0 Å². The lowest BCUT2D eigenvalue weighted by atomic mass is 10.0. The summed E-state index contributed by atoms with van der Waals surface area (Å²) in [7, 11) is 0. The van der Waals surface area contributed by atoms with E-state index in [9.17, 15) is 5.11 Å². The van der Waals surface area contributed by atoms with Gasteiger partial charge in [0.05, 0.1) is 24.9 Å². The van der Waals surface area contributed by atoms with Gasteiger partial charge in [-0.2, -0.15) is 0 Å². The third-order valence-corrected chi connectivity index (χ3v) is 4.43. The number of aliphatic hydroxyl groups is 1. The zero-order chi connectivity index (χ0) is 15.0. The van der Waals surface area contributed by atoms with Gasteiger partial charge < -0.3 is 14.6 Å². The number of nitrogens with zero attached hydrogens (tertiary/aromatic N) is 1. The molecule has 0 spiro atoms. The van der Waals surface area contributed by atoms with E-state index in [0.29, 0.717) is 0 Å². The van der Waals surface area contributed by atoms with E-state index in [1.807, 2.05) is 0 Å². The summed E-state index contributed by atoms with van der Waals surface area (Å²) in [5, 5.41) is 9.42. The molecule has 0 saturated carbocycles. The summed E-state index contributed by atoms with van der Waals surface area (Å²) in [4.78, 5) is 2.34. The van der Waals surface area contributed by atoms with E-state index in [2.05, 4.69) is 46.8 Å². The van der Waals surface area contributed by atoms with E-state index in [1.165, 1.54) is 11.1 Å². The van der Waals surface area contributed by atoms with Crippen molar-refractivity contribution in [1.82, 2.24) is 4.90 Å². The van der Waals surface area contributed by atoms with Crippen LogP contribution in [0.1, 0.15) is 25.0 Å². The van der Waals surface area contributed by atoms with Gasteiger partial charge in [-0.25, -0.2) is 0 Å². The molecule has 0 radical (unpaired) electrons. The Kier molecular flexibility index (Phi) is 4.28. The van der Waals surface area contributed by atoms with E-state index >= 15 is 0 Å². The zero-order valence-corrected chi connectivity index (χ0v) is 14.1. The number of hydrogen-bond acceptors (Lipinski definition) is 4. The van der Waals surface area contributed by atoms with Crippen molar-refractivity contribution in [2.75, 3.05) is 26.3 Å². The molecule has 2 aliphatic heterocycles. The van der Waals surface area contributed by atoms with E-state index < -0.39 is 0 Å².